The van der Waals surface area contributed by atoms with Crippen molar-refractivity contribution in [2.75, 3.05) is 5.32 Å². The lowest BCUT2D eigenvalue weighted by Gasteiger charge is -2.11. The van der Waals surface area contributed by atoms with E-state index in [0.717, 1.165) is 31.3 Å². The van der Waals surface area contributed by atoms with Crippen LogP contribution < -0.4 is 5.32 Å². The van der Waals surface area contributed by atoms with Crippen LogP contribution in [0.15, 0.2) is 65.1 Å². The average molecular weight is 489 g/mol. The third kappa shape index (κ3) is 4.00. The topological polar surface area (TPSA) is 85.1 Å². The molecule has 6 nitrogen and oxygen atoms in total. The average Bonchev–Trinajstić information content (AvgIpc) is 3.13. The molecule has 0 saturated heterocycles. The SMILES string of the molecule is O=C(Nc1ccc(Br)cc1-c1nc2ccccc2s1)c1cc([N+](=O)[O-])ccc1Cl. The van der Waals surface area contributed by atoms with Crippen molar-refractivity contribution >= 4 is 66.4 Å². The van der Waals surface area contributed by atoms with Crippen LogP contribution in [0.5, 0.6) is 0 Å². The number of nitro groups is 1. The Hall–Kier alpha value is -2.81. The smallest absolute Gasteiger partial charge is 0.270 e. The Labute approximate surface area is 182 Å². The van der Waals surface area contributed by atoms with E-state index in [0.29, 0.717) is 5.69 Å². The standard InChI is InChI=1S/C20H11BrClN3O3S/c21-11-5-8-16(14(9-11)20-24-17-3-1-2-4-18(17)29-20)23-19(26)13-10-12(25(27)28)6-7-15(13)22/h1-10H,(H,23,26). The van der Waals surface area contributed by atoms with E-state index < -0.39 is 10.8 Å². The lowest BCUT2D eigenvalue weighted by molar-refractivity contribution is -0.384. The van der Waals surface area contributed by atoms with E-state index in [1.807, 2.05) is 30.3 Å². The van der Waals surface area contributed by atoms with Gasteiger partial charge in [0, 0.05) is 22.2 Å². The van der Waals surface area contributed by atoms with Gasteiger partial charge in [0.2, 0.25) is 0 Å². The van der Waals surface area contributed by atoms with Gasteiger partial charge >= 0.3 is 0 Å². The highest BCUT2D eigenvalue weighted by Gasteiger charge is 2.18. The molecule has 0 saturated carbocycles. The second kappa shape index (κ2) is 7.90. The van der Waals surface area contributed by atoms with Crippen LogP contribution in [-0.2, 0) is 0 Å². The molecule has 0 bridgehead atoms. The number of aromatic nitrogens is 1. The van der Waals surface area contributed by atoms with Gasteiger partial charge in [-0.15, -0.1) is 11.3 Å². The number of benzene rings is 3. The number of carbonyl (C=O) groups is 1. The number of anilines is 1. The van der Waals surface area contributed by atoms with Crippen LogP contribution in [0.1, 0.15) is 10.4 Å². The molecule has 9 heteroatoms. The number of carbonyl (C=O) groups excluding carboxylic acids is 1. The number of hydrogen-bond acceptors (Lipinski definition) is 5. The summed E-state index contributed by atoms with van der Waals surface area (Å²) in [4.78, 5) is 27.9. The monoisotopic (exact) mass is 487 g/mol. The van der Waals surface area contributed by atoms with Gasteiger partial charge < -0.3 is 5.32 Å². The second-order valence-electron chi connectivity index (χ2n) is 6.05. The van der Waals surface area contributed by atoms with Gasteiger partial charge in [-0.3, -0.25) is 14.9 Å². The Kier molecular flexibility index (Phi) is 5.31. The lowest BCUT2D eigenvalue weighted by atomic mass is 10.1. The van der Waals surface area contributed by atoms with Gasteiger partial charge in [-0.2, -0.15) is 0 Å². The molecule has 0 spiro atoms. The molecule has 0 aliphatic rings. The summed E-state index contributed by atoms with van der Waals surface area (Å²) in [5, 5.41) is 14.7. The van der Waals surface area contributed by atoms with Crippen LogP contribution in [0.3, 0.4) is 0 Å². The fourth-order valence-electron chi connectivity index (χ4n) is 2.78. The number of thiazole rings is 1. The zero-order valence-corrected chi connectivity index (χ0v) is 17.7. The van der Waals surface area contributed by atoms with Gasteiger partial charge in [0.1, 0.15) is 5.01 Å². The van der Waals surface area contributed by atoms with Gasteiger partial charge in [-0.1, -0.05) is 39.7 Å². The summed E-state index contributed by atoms with van der Waals surface area (Å²) in [5.41, 5.74) is 1.95. The van der Waals surface area contributed by atoms with Gasteiger partial charge in [-0.25, -0.2) is 4.98 Å². The number of rotatable bonds is 4. The number of nitrogens with one attached hydrogen (secondary N) is 1. The van der Waals surface area contributed by atoms with Crippen LogP contribution in [0.4, 0.5) is 11.4 Å². The first kappa shape index (κ1) is 19.5. The number of fused-ring (bicyclic) bond motifs is 1. The molecule has 1 heterocycles. The molecule has 29 heavy (non-hydrogen) atoms. The van der Waals surface area contributed by atoms with Crippen molar-refractivity contribution in [3.05, 3.63) is 85.8 Å². The zero-order valence-electron chi connectivity index (χ0n) is 14.6. The first-order chi connectivity index (χ1) is 13.9. The molecule has 4 aromatic rings. The van der Waals surface area contributed by atoms with E-state index in [1.165, 1.54) is 23.5 Å². The second-order valence-corrected chi connectivity index (χ2v) is 8.41. The van der Waals surface area contributed by atoms with Gasteiger partial charge in [0.15, 0.2) is 0 Å². The van der Waals surface area contributed by atoms with E-state index in [-0.39, 0.29) is 16.3 Å². The van der Waals surface area contributed by atoms with E-state index in [4.69, 9.17) is 11.6 Å². The molecule has 0 aliphatic heterocycles. The summed E-state index contributed by atoms with van der Waals surface area (Å²) in [7, 11) is 0. The van der Waals surface area contributed by atoms with Crippen molar-refractivity contribution in [3.8, 4) is 10.6 Å². The van der Waals surface area contributed by atoms with Crippen molar-refractivity contribution in [2.45, 2.75) is 0 Å². The molecule has 0 unspecified atom stereocenters. The summed E-state index contributed by atoms with van der Waals surface area (Å²) < 4.78 is 1.86. The number of hydrogen-bond donors (Lipinski definition) is 1. The molecule has 3 aromatic carbocycles. The van der Waals surface area contributed by atoms with E-state index in [9.17, 15) is 14.9 Å². The highest BCUT2D eigenvalue weighted by atomic mass is 79.9. The van der Waals surface area contributed by atoms with E-state index >= 15 is 0 Å². The molecule has 144 valence electrons. The van der Waals surface area contributed by atoms with Gasteiger partial charge in [-0.05, 0) is 36.4 Å². The molecule has 0 fully saturated rings. The Balaban J connectivity index is 1.74. The summed E-state index contributed by atoms with van der Waals surface area (Å²) >= 11 is 11.1. The van der Waals surface area contributed by atoms with Crippen molar-refractivity contribution < 1.29 is 9.72 Å². The minimum atomic E-state index is -0.570. The molecule has 0 atom stereocenters. The number of para-hydroxylation sites is 1. The zero-order chi connectivity index (χ0) is 20.5. The first-order valence-corrected chi connectivity index (χ1v) is 10.3. The molecular formula is C20H11BrClN3O3S. The van der Waals surface area contributed by atoms with Crippen molar-refractivity contribution in [2.24, 2.45) is 0 Å². The van der Waals surface area contributed by atoms with Crippen LogP contribution in [0, 0.1) is 10.1 Å². The fraction of sp³-hybridized carbons (Fsp3) is 0. The van der Waals surface area contributed by atoms with Crippen molar-refractivity contribution in [1.82, 2.24) is 4.98 Å². The highest BCUT2D eigenvalue weighted by molar-refractivity contribution is 9.10. The molecular weight excluding hydrogens is 478 g/mol. The Morgan fingerprint density at radius 1 is 1.14 bits per heavy atom. The highest BCUT2D eigenvalue weighted by Crippen LogP contribution is 2.36. The molecule has 4 rings (SSSR count). The summed E-state index contributed by atoms with van der Waals surface area (Å²) in [6.07, 6.45) is 0. The summed E-state index contributed by atoms with van der Waals surface area (Å²) in [6.45, 7) is 0. The third-order valence-corrected chi connectivity index (χ3v) is 6.05. The minimum Gasteiger partial charge on any atom is -0.321 e. The van der Waals surface area contributed by atoms with Crippen LogP contribution in [0.2, 0.25) is 5.02 Å². The Morgan fingerprint density at radius 2 is 1.93 bits per heavy atom. The Morgan fingerprint density at radius 3 is 2.69 bits per heavy atom. The lowest BCUT2D eigenvalue weighted by Crippen LogP contribution is -2.13. The first-order valence-electron chi connectivity index (χ1n) is 8.33. The number of nitrogens with zero attached hydrogens (tertiary/aromatic N) is 2. The molecule has 0 radical (unpaired) electrons. The summed E-state index contributed by atoms with van der Waals surface area (Å²) in [6, 6.07) is 16.9. The molecule has 1 aromatic heterocycles. The fourth-order valence-corrected chi connectivity index (χ4v) is 4.34. The van der Waals surface area contributed by atoms with E-state index in [1.54, 1.807) is 12.1 Å². The van der Waals surface area contributed by atoms with Gasteiger partial charge in [0.05, 0.1) is 31.4 Å². The third-order valence-electron chi connectivity index (χ3n) is 4.16. The maximum atomic E-state index is 12.8. The summed E-state index contributed by atoms with van der Waals surface area (Å²) in [5.74, 6) is -0.539. The predicted molar refractivity (Wildman–Crippen MR) is 119 cm³/mol. The maximum Gasteiger partial charge on any atom is 0.270 e. The molecule has 0 aliphatic carbocycles. The predicted octanol–water partition coefficient (Wildman–Crippen LogP) is 6.54. The number of halogens is 2. The number of nitro benzene ring substituents is 1. The van der Waals surface area contributed by atoms with Crippen LogP contribution >= 0.6 is 38.9 Å². The minimum absolute atomic E-state index is 0.0269. The van der Waals surface area contributed by atoms with Crippen molar-refractivity contribution in [1.29, 1.82) is 0 Å². The van der Waals surface area contributed by atoms with Crippen LogP contribution in [-0.4, -0.2) is 15.8 Å². The number of amides is 1. The van der Waals surface area contributed by atoms with Gasteiger partial charge in [0.25, 0.3) is 11.6 Å². The molecule has 1 N–H and O–H groups in total. The number of non-ortho nitro benzene ring substituents is 1. The normalized spacial score (nSPS) is 10.8. The quantitative estimate of drug-likeness (QED) is 0.261. The Bertz CT molecular complexity index is 1240. The van der Waals surface area contributed by atoms with Crippen LogP contribution in [0.25, 0.3) is 20.8 Å². The largest absolute Gasteiger partial charge is 0.321 e. The van der Waals surface area contributed by atoms with Crippen molar-refractivity contribution in [3.63, 3.8) is 0 Å². The molecule has 1 amide bonds. The van der Waals surface area contributed by atoms with E-state index in [2.05, 4.69) is 26.2 Å². The maximum absolute atomic E-state index is 12.8.